The van der Waals surface area contributed by atoms with Gasteiger partial charge >= 0.3 is 6.18 Å². The van der Waals surface area contributed by atoms with E-state index in [2.05, 4.69) is 25.9 Å². The van der Waals surface area contributed by atoms with Crippen molar-refractivity contribution in [1.82, 2.24) is 9.97 Å². The highest BCUT2D eigenvalue weighted by Gasteiger charge is 2.34. The van der Waals surface area contributed by atoms with E-state index in [-0.39, 0.29) is 5.56 Å². The summed E-state index contributed by atoms with van der Waals surface area (Å²) in [6, 6.07) is 2.69. The van der Waals surface area contributed by atoms with Gasteiger partial charge in [0.25, 0.3) is 0 Å². The van der Waals surface area contributed by atoms with Crippen LogP contribution in [0.2, 0.25) is 0 Å². The molecular weight excluding hydrogens is 316 g/mol. The van der Waals surface area contributed by atoms with E-state index in [1.807, 2.05) is 0 Å². The summed E-state index contributed by atoms with van der Waals surface area (Å²) in [6.07, 6.45) is -2.04. The molecule has 94 valence electrons. The molecule has 0 aliphatic rings. The molecule has 0 bridgehead atoms. The molecule has 2 nitrogen and oxygen atoms in total. The van der Waals surface area contributed by atoms with E-state index < -0.39 is 17.6 Å². The van der Waals surface area contributed by atoms with Crippen molar-refractivity contribution in [2.24, 2.45) is 0 Å². The number of nitrogens with zero attached hydrogens (tertiary/aromatic N) is 2. The van der Waals surface area contributed by atoms with Crippen LogP contribution in [0, 0.1) is 5.82 Å². The number of hydrogen-bond donors (Lipinski definition) is 0. The molecule has 0 spiro atoms. The minimum atomic E-state index is -4.70. The average Bonchev–Trinajstić information content (AvgIpc) is 2.27. The number of aromatic nitrogens is 2. The quantitative estimate of drug-likeness (QED) is 0.585. The topological polar surface area (TPSA) is 25.8 Å². The van der Waals surface area contributed by atoms with E-state index >= 15 is 0 Å². The van der Waals surface area contributed by atoms with Crippen molar-refractivity contribution < 1.29 is 17.6 Å². The number of hydrogen-bond acceptors (Lipinski definition) is 2. The Bertz CT molecular complexity index is 583. The molecule has 0 aliphatic carbocycles. The van der Waals surface area contributed by atoms with Gasteiger partial charge in [-0.1, -0.05) is 6.07 Å². The van der Waals surface area contributed by atoms with E-state index in [1.165, 1.54) is 18.6 Å². The summed E-state index contributed by atoms with van der Waals surface area (Å²) >= 11 is 3.12. The van der Waals surface area contributed by atoms with Crippen molar-refractivity contribution in [3.8, 4) is 11.1 Å². The van der Waals surface area contributed by atoms with Crippen LogP contribution in [-0.2, 0) is 6.18 Å². The fourth-order valence-electron chi connectivity index (χ4n) is 1.42. The molecule has 1 heterocycles. The van der Waals surface area contributed by atoms with Crippen molar-refractivity contribution in [1.29, 1.82) is 0 Å². The summed E-state index contributed by atoms with van der Waals surface area (Å²) in [5.74, 6) is -1.32. The van der Waals surface area contributed by atoms with E-state index in [1.54, 1.807) is 0 Å². The maximum absolute atomic E-state index is 13.4. The van der Waals surface area contributed by atoms with Crippen molar-refractivity contribution in [2.45, 2.75) is 6.18 Å². The van der Waals surface area contributed by atoms with Crippen LogP contribution < -0.4 is 0 Å². The molecule has 0 atom stereocenters. The maximum atomic E-state index is 13.4. The molecule has 0 N–H and O–H groups in total. The Hall–Kier alpha value is -1.50. The van der Waals surface area contributed by atoms with Crippen LogP contribution in [0.25, 0.3) is 11.1 Å². The van der Waals surface area contributed by atoms with E-state index in [9.17, 15) is 17.6 Å². The number of benzene rings is 1. The summed E-state index contributed by atoms with van der Waals surface area (Å²) in [5, 5.41) is 0. The highest BCUT2D eigenvalue weighted by molar-refractivity contribution is 9.10. The summed E-state index contributed by atoms with van der Waals surface area (Å²) in [4.78, 5) is 7.55. The van der Waals surface area contributed by atoms with Gasteiger partial charge in [-0.05, 0) is 33.6 Å². The smallest absolute Gasteiger partial charge is 0.244 e. The van der Waals surface area contributed by atoms with Crippen molar-refractivity contribution in [3.05, 3.63) is 46.7 Å². The SMILES string of the molecule is Fc1cc(-c2cncnc2Br)ccc1C(F)(F)F. The second kappa shape index (κ2) is 4.64. The molecule has 7 heteroatoms. The van der Waals surface area contributed by atoms with Gasteiger partial charge in [-0.3, -0.25) is 0 Å². The van der Waals surface area contributed by atoms with Crippen LogP contribution in [0.3, 0.4) is 0 Å². The van der Waals surface area contributed by atoms with Gasteiger partial charge in [0, 0.05) is 11.8 Å². The van der Waals surface area contributed by atoms with Crippen LogP contribution in [0.1, 0.15) is 5.56 Å². The summed E-state index contributed by atoms with van der Waals surface area (Å²) in [6.45, 7) is 0. The van der Waals surface area contributed by atoms with Crippen molar-refractivity contribution in [3.63, 3.8) is 0 Å². The average molecular weight is 321 g/mol. The highest BCUT2D eigenvalue weighted by atomic mass is 79.9. The zero-order valence-corrected chi connectivity index (χ0v) is 10.3. The molecule has 0 amide bonds. The third-order valence-electron chi connectivity index (χ3n) is 2.25. The highest BCUT2D eigenvalue weighted by Crippen LogP contribution is 2.34. The monoisotopic (exact) mass is 320 g/mol. The molecule has 2 rings (SSSR count). The largest absolute Gasteiger partial charge is 0.419 e. The van der Waals surface area contributed by atoms with Gasteiger partial charge in [-0.25, -0.2) is 14.4 Å². The van der Waals surface area contributed by atoms with Gasteiger partial charge in [0.15, 0.2) is 0 Å². The molecule has 0 aliphatic heterocycles. The molecule has 2 aromatic rings. The molecule has 0 saturated heterocycles. The fraction of sp³-hybridized carbons (Fsp3) is 0.0909. The Morgan fingerprint density at radius 1 is 1.17 bits per heavy atom. The normalized spacial score (nSPS) is 11.6. The summed E-state index contributed by atoms with van der Waals surface area (Å²) in [7, 11) is 0. The molecule has 1 aromatic carbocycles. The van der Waals surface area contributed by atoms with Crippen LogP contribution in [0.4, 0.5) is 17.6 Å². The first-order valence-corrected chi connectivity index (χ1v) is 5.51. The van der Waals surface area contributed by atoms with Crippen LogP contribution >= 0.6 is 15.9 Å². The lowest BCUT2D eigenvalue weighted by atomic mass is 10.1. The van der Waals surface area contributed by atoms with Gasteiger partial charge in [0.2, 0.25) is 0 Å². The van der Waals surface area contributed by atoms with Gasteiger partial charge in [0.1, 0.15) is 16.7 Å². The predicted molar refractivity (Wildman–Crippen MR) is 60.1 cm³/mol. The Morgan fingerprint density at radius 2 is 1.89 bits per heavy atom. The van der Waals surface area contributed by atoms with E-state index in [0.29, 0.717) is 16.2 Å². The molecule has 0 radical (unpaired) electrons. The second-order valence-corrected chi connectivity index (χ2v) is 4.17. The number of halogens is 5. The Labute approximate surface area is 108 Å². The maximum Gasteiger partial charge on any atom is 0.419 e. The van der Waals surface area contributed by atoms with Crippen LogP contribution in [0.5, 0.6) is 0 Å². The molecule has 18 heavy (non-hydrogen) atoms. The molecule has 0 saturated carbocycles. The zero-order valence-electron chi connectivity index (χ0n) is 8.67. The lowest BCUT2D eigenvalue weighted by Gasteiger charge is -2.09. The van der Waals surface area contributed by atoms with Crippen molar-refractivity contribution in [2.75, 3.05) is 0 Å². The standard InChI is InChI=1S/C11H5BrF4N2/c12-10-7(4-17-5-18-10)6-1-2-8(9(13)3-6)11(14,15)16/h1-5H. The van der Waals surface area contributed by atoms with Crippen molar-refractivity contribution >= 4 is 15.9 Å². The Kier molecular flexibility index (Phi) is 3.34. The Balaban J connectivity index is 2.51. The minimum absolute atomic E-state index is 0.271. The molecular formula is C11H5BrF4N2. The van der Waals surface area contributed by atoms with Gasteiger partial charge in [-0.2, -0.15) is 13.2 Å². The summed E-state index contributed by atoms with van der Waals surface area (Å²) in [5.41, 5.74) is -0.600. The number of alkyl halides is 3. The molecule has 0 unspecified atom stereocenters. The van der Waals surface area contributed by atoms with Gasteiger partial charge in [0.05, 0.1) is 5.56 Å². The first-order chi connectivity index (χ1) is 8.39. The lowest BCUT2D eigenvalue weighted by molar-refractivity contribution is -0.139. The first kappa shape index (κ1) is 12.9. The minimum Gasteiger partial charge on any atom is -0.244 e. The van der Waals surface area contributed by atoms with Crippen LogP contribution in [-0.4, -0.2) is 9.97 Å². The van der Waals surface area contributed by atoms with E-state index in [0.717, 1.165) is 6.07 Å². The second-order valence-electron chi connectivity index (χ2n) is 3.42. The fourth-order valence-corrected chi connectivity index (χ4v) is 1.84. The van der Waals surface area contributed by atoms with Crippen LogP contribution in [0.15, 0.2) is 35.3 Å². The van der Waals surface area contributed by atoms with Gasteiger partial charge < -0.3 is 0 Å². The van der Waals surface area contributed by atoms with Gasteiger partial charge in [-0.15, -0.1) is 0 Å². The zero-order chi connectivity index (χ0) is 13.3. The Morgan fingerprint density at radius 3 is 2.44 bits per heavy atom. The molecule has 0 fully saturated rings. The number of rotatable bonds is 1. The first-order valence-electron chi connectivity index (χ1n) is 4.72. The van der Waals surface area contributed by atoms with E-state index in [4.69, 9.17) is 0 Å². The third kappa shape index (κ3) is 2.50. The lowest BCUT2D eigenvalue weighted by Crippen LogP contribution is -2.07. The molecule has 1 aromatic heterocycles. The predicted octanol–water partition coefficient (Wildman–Crippen LogP) is 4.06. The third-order valence-corrected chi connectivity index (χ3v) is 2.88. The summed E-state index contributed by atoms with van der Waals surface area (Å²) < 4.78 is 50.9.